The minimum absolute atomic E-state index is 0.0558. The fourth-order valence-corrected chi connectivity index (χ4v) is 2.97. The largest absolute Gasteiger partial charge is 0.310 e. The van der Waals surface area contributed by atoms with Crippen LogP contribution in [-0.4, -0.2) is 12.8 Å². The van der Waals surface area contributed by atoms with Crippen molar-refractivity contribution in [2.75, 3.05) is 12.8 Å². The van der Waals surface area contributed by atoms with Crippen molar-refractivity contribution in [2.45, 2.75) is 24.3 Å². The Morgan fingerprint density at radius 2 is 1.90 bits per heavy atom. The zero-order valence-electron chi connectivity index (χ0n) is 12.2. The van der Waals surface area contributed by atoms with Crippen LogP contribution >= 0.6 is 23.4 Å². The van der Waals surface area contributed by atoms with Crippen molar-refractivity contribution in [2.24, 2.45) is 0 Å². The molecule has 0 amide bonds. The van der Waals surface area contributed by atoms with Gasteiger partial charge in [-0.05, 0) is 49.1 Å². The fraction of sp³-hybridized carbons (Fsp3) is 0.294. The van der Waals surface area contributed by atoms with Gasteiger partial charge < -0.3 is 5.32 Å². The Kier molecular flexibility index (Phi) is 6.09. The molecule has 2 rings (SSSR count). The summed E-state index contributed by atoms with van der Waals surface area (Å²) in [6, 6.07) is 13.3. The molecule has 1 unspecified atom stereocenters. The van der Waals surface area contributed by atoms with Gasteiger partial charge in [-0.3, -0.25) is 0 Å². The first-order valence-corrected chi connectivity index (χ1v) is 8.56. The maximum absolute atomic E-state index is 14.0. The van der Waals surface area contributed by atoms with Crippen LogP contribution in [0.15, 0.2) is 47.4 Å². The Labute approximate surface area is 134 Å². The first kappa shape index (κ1) is 16.3. The molecule has 0 aliphatic rings. The van der Waals surface area contributed by atoms with Crippen LogP contribution in [-0.2, 0) is 6.42 Å². The minimum atomic E-state index is -0.244. The fourth-order valence-electron chi connectivity index (χ4n) is 2.32. The van der Waals surface area contributed by atoms with E-state index in [4.69, 9.17) is 11.6 Å². The van der Waals surface area contributed by atoms with Gasteiger partial charge in [-0.25, -0.2) is 4.39 Å². The third-order valence-corrected chi connectivity index (χ3v) is 4.54. The lowest BCUT2D eigenvalue weighted by atomic mass is 9.98. The molecule has 0 saturated heterocycles. The van der Waals surface area contributed by atoms with Gasteiger partial charge in [-0.15, -0.1) is 11.8 Å². The molecule has 1 nitrogen and oxygen atoms in total. The summed E-state index contributed by atoms with van der Waals surface area (Å²) in [5.74, 6) is -0.244. The van der Waals surface area contributed by atoms with Crippen molar-refractivity contribution in [1.29, 1.82) is 0 Å². The number of hydrogen-bond acceptors (Lipinski definition) is 2. The highest BCUT2D eigenvalue weighted by Crippen LogP contribution is 2.27. The molecule has 0 heterocycles. The summed E-state index contributed by atoms with van der Waals surface area (Å²) in [7, 11) is 0. The van der Waals surface area contributed by atoms with Crippen LogP contribution in [0.5, 0.6) is 0 Å². The molecule has 0 bridgehead atoms. The topological polar surface area (TPSA) is 12.0 Å². The molecule has 0 aliphatic heterocycles. The van der Waals surface area contributed by atoms with Gasteiger partial charge in [0.15, 0.2) is 0 Å². The second-order valence-electron chi connectivity index (χ2n) is 4.79. The SMILES string of the molecule is CCNC(Cc1c(F)cccc1Cl)c1ccc(SC)cc1. The molecule has 112 valence electrons. The van der Waals surface area contributed by atoms with E-state index in [0.717, 1.165) is 12.1 Å². The number of benzene rings is 2. The van der Waals surface area contributed by atoms with E-state index in [1.54, 1.807) is 23.9 Å². The molecule has 0 aliphatic carbocycles. The monoisotopic (exact) mass is 323 g/mol. The molecular weight excluding hydrogens is 305 g/mol. The minimum Gasteiger partial charge on any atom is -0.310 e. The van der Waals surface area contributed by atoms with Crippen LogP contribution in [0.3, 0.4) is 0 Å². The highest BCUT2D eigenvalue weighted by molar-refractivity contribution is 7.98. The number of likely N-dealkylation sites (N-methyl/N-ethyl adjacent to an activating group) is 1. The van der Waals surface area contributed by atoms with Crippen molar-refractivity contribution < 1.29 is 4.39 Å². The lowest BCUT2D eigenvalue weighted by molar-refractivity contribution is 0.528. The summed E-state index contributed by atoms with van der Waals surface area (Å²) in [6.07, 6.45) is 2.59. The summed E-state index contributed by atoms with van der Waals surface area (Å²) in [5.41, 5.74) is 1.72. The van der Waals surface area contributed by atoms with Crippen LogP contribution in [0.4, 0.5) is 4.39 Å². The highest BCUT2D eigenvalue weighted by atomic mass is 35.5. The third kappa shape index (κ3) is 4.22. The van der Waals surface area contributed by atoms with Gasteiger partial charge in [0.1, 0.15) is 5.82 Å². The number of halogens is 2. The average Bonchev–Trinajstić information content (AvgIpc) is 2.50. The van der Waals surface area contributed by atoms with E-state index in [9.17, 15) is 4.39 Å². The van der Waals surface area contributed by atoms with Gasteiger partial charge in [0, 0.05) is 21.5 Å². The number of nitrogens with one attached hydrogen (secondary N) is 1. The average molecular weight is 324 g/mol. The van der Waals surface area contributed by atoms with Gasteiger partial charge in [-0.2, -0.15) is 0 Å². The predicted octanol–water partition coefficient (Wildman–Crippen LogP) is 5.09. The van der Waals surface area contributed by atoms with Crippen molar-refractivity contribution in [3.8, 4) is 0 Å². The van der Waals surface area contributed by atoms with E-state index in [1.807, 2.05) is 6.92 Å². The van der Waals surface area contributed by atoms with Crippen LogP contribution in [0.1, 0.15) is 24.1 Å². The van der Waals surface area contributed by atoms with Crippen LogP contribution in [0.25, 0.3) is 0 Å². The van der Waals surface area contributed by atoms with Crippen molar-refractivity contribution in [3.05, 3.63) is 64.4 Å². The van der Waals surface area contributed by atoms with Gasteiger partial charge >= 0.3 is 0 Å². The molecule has 1 atom stereocenters. The van der Waals surface area contributed by atoms with Crippen molar-refractivity contribution in [3.63, 3.8) is 0 Å². The standard InChI is InChI=1S/C17H19ClFNS/c1-3-20-17(12-7-9-13(21-2)10-8-12)11-14-15(18)5-4-6-16(14)19/h4-10,17,20H,3,11H2,1-2H3. The van der Waals surface area contributed by atoms with Crippen LogP contribution in [0, 0.1) is 5.82 Å². The van der Waals surface area contributed by atoms with Crippen LogP contribution in [0.2, 0.25) is 5.02 Å². The van der Waals surface area contributed by atoms with E-state index >= 15 is 0 Å². The molecule has 0 radical (unpaired) electrons. The third-order valence-electron chi connectivity index (χ3n) is 3.44. The lowest BCUT2D eigenvalue weighted by Crippen LogP contribution is -2.23. The van der Waals surface area contributed by atoms with Crippen LogP contribution < -0.4 is 5.32 Å². The second-order valence-corrected chi connectivity index (χ2v) is 6.07. The zero-order valence-corrected chi connectivity index (χ0v) is 13.8. The first-order valence-electron chi connectivity index (χ1n) is 6.96. The molecule has 0 spiro atoms. The molecule has 2 aromatic rings. The predicted molar refractivity (Wildman–Crippen MR) is 89.8 cm³/mol. The number of thioether (sulfide) groups is 1. The summed E-state index contributed by atoms with van der Waals surface area (Å²) in [5, 5.41) is 3.89. The number of hydrogen-bond donors (Lipinski definition) is 1. The molecular formula is C17H19ClFNS. The Bertz CT molecular complexity index is 566. The molecule has 4 heteroatoms. The Morgan fingerprint density at radius 3 is 2.48 bits per heavy atom. The number of rotatable bonds is 6. The van der Waals surface area contributed by atoms with Gasteiger partial charge in [0.05, 0.1) is 0 Å². The summed E-state index contributed by atoms with van der Waals surface area (Å²) >= 11 is 7.85. The molecule has 0 saturated carbocycles. The lowest BCUT2D eigenvalue weighted by Gasteiger charge is -2.20. The maximum atomic E-state index is 14.0. The highest BCUT2D eigenvalue weighted by Gasteiger charge is 2.16. The Hall–Kier alpha value is -1.03. The molecule has 21 heavy (non-hydrogen) atoms. The normalized spacial score (nSPS) is 12.4. The van der Waals surface area contributed by atoms with Crippen molar-refractivity contribution in [1.82, 2.24) is 5.32 Å². The zero-order chi connectivity index (χ0) is 15.2. The van der Waals surface area contributed by atoms with E-state index in [2.05, 4.69) is 35.8 Å². The molecule has 2 aromatic carbocycles. The van der Waals surface area contributed by atoms with Crippen molar-refractivity contribution >= 4 is 23.4 Å². The smallest absolute Gasteiger partial charge is 0.127 e. The van der Waals surface area contributed by atoms with E-state index in [-0.39, 0.29) is 11.9 Å². The maximum Gasteiger partial charge on any atom is 0.127 e. The Balaban J connectivity index is 2.26. The quantitative estimate of drug-likeness (QED) is 0.743. The van der Waals surface area contributed by atoms with E-state index in [0.29, 0.717) is 17.0 Å². The first-order chi connectivity index (χ1) is 10.2. The van der Waals surface area contributed by atoms with Gasteiger partial charge in [0.2, 0.25) is 0 Å². The molecule has 0 fully saturated rings. The van der Waals surface area contributed by atoms with Gasteiger partial charge in [0.25, 0.3) is 0 Å². The summed E-state index contributed by atoms with van der Waals surface area (Å²) in [6.45, 7) is 2.87. The van der Waals surface area contributed by atoms with Gasteiger partial charge in [-0.1, -0.05) is 36.7 Å². The van der Waals surface area contributed by atoms with E-state index in [1.165, 1.54) is 11.0 Å². The van der Waals surface area contributed by atoms with E-state index < -0.39 is 0 Å². The Morgan fingerprint density at radius 1 is 1.19 bits per heavy atom. The molecule has 1 N–H and O–H groups in total. The summed E-state index contributed by atoms with van der Waals surface area (Å²) in [4.78, 5) is 1.22. The second kappa shape index (κ2) is 7.83. The summed E-state index contributed by atoms with van der Waals surface area (Å²) < 4.78 is 14.0. The molecule has 0 aromatic heterocycles.